The third kappa shape index (κ3) is 4.31. The van der Waals surface area contributed by atoms with Gasteiger partial charge in [0.1, 0.15) is 0 Å². The van der Waals surface area contributed by atoms with Crippen LogP contribution in [0.15, 0.2) is 30.3 Å². The van der Waals surface area contributed by atoms with Gasteiger partial charge in [0.15, 0.2) is 0 Å². The van der Waals surface area contributed by atoms with Crippen molar-refractivity contribution in [2.75, 3.05) is 32.8 Å². The highest BCUT2D eigenvalue weighted by Gasteiger charge is 2.45. The van der Waals surface area contributed by atoms with Crippen LogP contribution in [0.4, 0.5) is 0 Å². The van der Waals surface area contributed by atoms with E-state index >= 15 is 0 Å². The van der Waals surface area contributed by atoms with Gasteiger partial charge in [0.05, 0.1) is 17.9 Å². The fraction of sp³-hybridized carbons (Fsp3) is 0.571. The zero-order valence-electron chi connectivity index (χ0n) is 16.1. The van der Waals surface area contributed by atoms with Gasteiger partial charge >= 0.3 is 5.97 Å². The first-order chi connectivity index (χ1) is 12.9. The first-order valence-corrected chi connectivity index (χ1v) is 9.70. The van der Waals surface area contributed by atoms with Gasteiger partial charge in [0, 0.05) is 32.6 Å². The molecular weight excluding hydrogens is 344 g/mol. The van der Waals surface area contributed by atoms with Gasteiger partial charge in [-0.3, -0.25) is 14.4 Å². The van der Waals surface area contributed by atoms with E-state index < -0.39 is 5.41 Å². The molecule has 2 amide bonds. The minimum Gasteiger partial charge on any atom is -0.466 e. The zero-order valence-corrected chi connectivity index (χ0v) is 16.1. The Labute approximate surface area is 160 Å². The average Bonchev–Trinajstić information content (AvgIpc) is 3.24. The summed E-state index contributed by atoms with van der Waals surface area (Å²) in [5.74, 6) is -0.527. The van der Waals surface area contributed by atoms with Crippen molar-refractivity contribution in [3.8, 4) is 0 Å². The molecule has 146 valence electrons. The maximum atomic E-state index is 12.9. The van der Waals surface area contributed by atoms with Gasteiger partial charge in [-0.1, -0.05) is 30.3 Å². The lowest BCUT2D eigenvalue weighted by Gasteiger charge is -2.24. The van der Waals surface area contributed by atoms with E-state index in [4.69, 9.17) is 4.74 Å². The van der Waals surface area contributed by atoms with Crippen molar-refractivity contribution in [1.29, 1.82) is 0 Å². The van der Waals surface area contributed by atoms with Gasteiger partial charge in [-0.25, -0.2) is 0 Å². The van der Waals surface area contributed by atoms with Crippen molar-refractivity contribution in [2.24, 2.45) is 11.3 Å². The molecule has 2 saturated heterocycles. The second-order valence-electron chi connectivity index (χ2n) is 7.77. The highest BCUT2D eigenvalue weighted by atomic mass is 16.5. The van der Waals surface area contributed by atoms with Gasteiger partial charge in [-0.15, -0.1) is 0 Å². The number of amides is 2. The van der Waals surface area contributed by atoms with Gasteiger partial charge < -0.3 is 14.5 Å². The Kier molecular flexibility index (Phi) is 5.82. The summed E-state index contributed by atoms with van der Waals surface area (Å²) in [7, 11) is 0. The van der Waals surface area contributed by atoms with Crippen LogP contribution in [0.1, 0.15) is 32.3 Å². The molecule has 0 spiro atoms. The van der Waals surface area contributed by atoms with Gasteiger partial charge in [-0.2, -0.15) is 0 Å². The minimum atomic E-state index is -0.638. The van der Waals surface area contributed by atoms with Crippen LogP contribution in [0, 0.1) is 11.3 Å². The number of rotatable bonds is 6. The summed E-state index contributed by atoms with van der Waals surface area (Å²) < 4.78 is 5.15. The van der Waals surface area contributed by atoms with E-state index in [-0.39, 0.29) is 30.1 Å². The molecule has 0 radical (unpaired) electrons. The van der Waals surface area contributed by atoms with Crippen LogP contribution in [0.3, 0.4) is 0 Å². The molecule has 0 bridgehead atoms. The number of hydrogen-bond acceptors (Lipinski definition) is 4. The quantitative estimate of drug-likeness (QED) is 0.715. The molecular formula is C21H28N2O4. The van der Waals surface area contributed by atoms with Crippen LogP contribution in [0.25, 0.3) is 0 Å². The van der Waals surface area contributed by atoms with E-state index in [1.165, 1.54) is 5.56 Å². The standard InChI is InChI=1S/C21H28N2O4/c1-3-27-20(26)21(2)10-12-23(15-21)19(25)17-13-18(24)22(14-17)11-9-16-7-5-4-6-8-16/h4-8,17H,3,9-15H2,1-2H3/t17-,21+/m0/s1. The normalized spacial score (nSPS) is 25.1. The Morgan fingerprint density at radius 3 is 2.70 bits per heavy atom. The van der Waals surface area contributed by atoms with Crippen molar-refractivity contribution in [2.45, 2.75) is 33.1 Å². The monoisotopic (exact) mass is 372 g/mol. The molecule has 2 atom stereocenters. The smallest absolute Gasteiger partial charge is 0.313 e. The van der Waals surface area contributed by atoms with E-state index in [0.29, 0.717) is 39.2 Å². The highest BCUT2D eigenvalue weighted by molar-refractivity contribution is 5.90. The Hall–Kier alpha value is -2.37. The zero-order chi connectivity index (χ0) is 19.4. The molecule has 1 aromatic carbocycles. The molecule has 0 unspecified atom stereocenters. The molecule has 3 rings (SSSR count). The predicted molar refractivity (Wildman–Crippen MR) is 101 cm³/mol. The number of nitrogens with zero attached hydrogens (tertiary/aromatic N) is 2. The largest absolute Gasteiger partial charge is 0.466 e. The lowest BCUT2D eigenvalue weighted by atomic mass is 9.90. The van der Waals surface area contributed by atoms with E-state index in [1.54, 1.807) is 16.7 Å². The van der Waals surface area contributed by atoms with Crippen LogP contribution in [-0.2, 0) is 25.5 Å². The molecule has 2 fully saturated rings. The van der Waals surface area contributed by atoms with Crippen LogP contribution in [0.5, 0.6) is 0 Å². The number of likely N-dealkylation sites (tertiary alicyclic amines) is 2. The molecule has 6 nitrogen and oxygen atoms in total. The summed E-state index contributed by atoms with van der Waals surface area (Å²) >= 11 is 0. The second kappa shape index (κ2) is 8.11. The number of carbonyl (C=O) groups excluding carboxylic acids is 3. The van der Waals surface area contributed by atoms with Crippen molar-refractivity contribution < 1.29 is 19.1 Å². The minimum absolute atomic E-state index is 0.0152. The van der Waals surface area contributed by atoms with Crippen molar-refractivity contribution in [3.63, 3.8) is 0 Å². The molecule has 0 saturated carbocycles. The third-order valence-electron chi connectivity index (χ3n) is 5.63. The molecule has 6 heteroatoms. The van der Waals surface area contributed by atoms with Gasteiger partial charge in [0.2, 0.25) is 11.8 Å². The van der Waals surface area contributed by atoms with Gasteiger partial charge in [0.25, 0.3) is 0 Å². The number of hydrogen-bond donors (Lipinski definition) is 0. The van der Waals surface area contributed by atoms with E-state index in [9.17, 15) is 14.4 Å². The first kappa shape index (κ1) is 19.4. The molecule has 1 aromatic rings. The Morgan fingerprint density at radius 1 is 1.26 bits per heavy atom. The first-order valence-electron chi connectivity index (χ1n) is 9.70. The van der Waals surface area contributed by atoms with Crippen molar-refractivity contribution >= 4 is 17.8 Å². The van der Waals surface area contributed by atoms with Crippen molar-refractivity contribution in [3.05, 3.63) is 35.9 Å². The molecule has 0 aromatic heterocycles. The van der Waals surface area contributed by atoms with Crippen LogP contribution >= 0.6 is 0 Å². The third-order valence-corrected chi connectivity index (χ3v) is 5.63. The number of esters is 1. The van der Waals surface area contributed by atoms with Crippen LogP contribution in [-0.4, -0.2) is 60.4 Å². The van der Waals surface area contributed by atoms with E-state index in [1.807, 2.05) is 37.3 Å². The number of benzene rings is 1. The summed E-state index contributed by atoms with van der Waals surface area (Å²) in [4.78, 5) is 40.9. The lowest BCUT2D eigenvalue weighted by molar-refractivity contribution is -0.154. The van der Waals surface area contributed by atoms with Crippen LogP contribution in [0.2, 0.25) is 0 Å². The number of ether oxygens (including phenoxy) is 1. The van der Waals surface area contributed by atoms with E-state index in [0.717, 1.165) is 6.42 Å². The number of carbonyl (C=O) groups is 3. The average molecular weight is 372 g/mol. The molecule has 27 heavy (non-hydrogen) atoms. The summed E-state index contributed by atoms with van der Waals surface area (Å²) in [6.45, 7) is 6.00. The topological polar surface area (TPSA) is 66.9 Å². The Morgan fingerprint density at radius 2 is 2.00 bits per heavy atom. The second-order valence-corrected chi connectivity index (χ2v) is 7.77. The van der Waals surface area contributed by atoms with E-state index in [2.05, 4.69) is 0 Å². The summed E-state index contributed by atoms with van der Waals surface area (Å²) in [6, 6.07) is 10.0. The maximum Gasteiger partial charge on any atom is 0.313 e. The molecule has 0 N–H and O–H groups in total. The summed E-state index contributed by atoms with van der Waals surface area (Å²) in [5.41, 5.74) is 0.547. The summed E-state index contributed by atoms with van der Waals surface area (Å²) in [6.07, 6.45) is 1.66. The Bertz CT molecular complexity index is 705. The fourth-order valence-electron chi connectivity index (χ4n) is 3.94. The molecule has 2 aliphatic rings. The van der Waals surface area contributed by atoms with Crippen molar-refractivity contribution in [1.82, 2.24) is 9.80 Å². The molecule has 0 aliphatic carbocycles. The predicted octanol–water partition coefficient (Wildman–Crippen LogP) is 1.88. The fourth-order valence-corrected chi connectivity index (χ4v) is 3.94. The van der Waals surface area contributed by atoms with Crippen LogP contribution < -0.4 is 0 Å². The highest BCUT2D eigenvalue weighted by Crippen LogP contribution is 2.33. The Balaban J connectivity index is 1.54. The SMILES string of the molecule is CCOC(=O)[C@]1(C)CCN(C(=O)[C@H]2CC(=O)N(CCc3ccccc3)C2)C1. The summed E-state index contributed by atoms with van der Waals surface area (Å²) in [5, 5.41) is 0. The maximum absolute atomic E-state index is 12.9. The molecule has 2 heterocycles. The lowest BCUT2D eigenvalue weighted by Crippen LogP contribution is -2.39. The van der Waals surface area contributed by atoms with Gasteiger partial charge in [-0.05, 0) is 32.3 Å². The molecule has 2 aliphatic heterocycles.